The highest BCUT2D eigenvalue weighted by Gasteiger charge is 2.14. The summed E-state index contributed by atoms with van der Waals surface area (Å²) in [6.07, 6.45) is 3.26. The topological polar surface area (TPSA) is 72.3 Å². The van der Waals surface area contributed by atoms with Gasteiger partial charge in [-0.05, 0) is 26.8 Å². The van der Waals surface area contributed by atoms with Gasteiger partial charge in [0.05, 0.1) is 18.5 Å². The number of aromatic nitrogens is 2. The molecular formula is C13H14N2O3S. The summed E-state index contributed by atoms with van der Waals surface area (Å²) in [5, 5.41) is 8.96. The summed E-state index contributed by atoms with van der Waals surface area (Å²) in [6, 6.07) is 1.60. The number of carbonyl (C=O) groups is 1. The highest BCUT2D eigenvalue weighted by atomic mass is 32.1. The molecule has 6 heteroatoms. The number of hydrogen-bond donors (Lipinski definition) is 1. The van der Waals surface area contributed by atoms with Gasteiger partial charge in [0, 0.05) is 10.4 Å². The average molecular weight is 278 g/mol. The maximum atomic E-state index is 10.9. The zero-order valence-electron chi connectivity index (χ0n) is 10.9. The summed E-state index contributed by atoms with van der Waals surface area (Å²) in [5.41, 5.74) is 0.749. The predicted molar refractivity (Wildman–Crippen MR) is 72.8 cm³/mol. The van der Waals surface area contributed by atoms with Crippen molar-refractivity contribution in [3.05, 3.63) is 28.2 Å². The van der Waals surface area contributed by atoms with Crippen LogP contribution in [0.2, 0.25) is 0 Å². The molecule has 2 aromatic rings. The third-order valence-corrected chi connectivity index (χ3v) is 3.41. The van der Waals surface area contributed by atoms with Crippen LogP contribution in [0.4, 0.5) is 0 Å². The van der Waals surface area contributed by atoms with Gasteiger partial charge in [0.2, 0.25) is 0 Å². The Balaban J connectivity index is 2.29. The van der Waals surface area contributed by atoms with Crippen LogP contribution in [0, 0.1) is 6.92 Å². The summed E-state index contributed by atoms with van der Waals surface area (Å²) in [7, 11) is 0. The monoisotopic (exact) mass is 278 g/mol. The smallest absolute Gasteiger partial charge is 0.345 e. The van der Waals surface area contributed by atoms with Crippen LogP contribution in [0.25, 0.3) is 11.4 Å². The van der Waals surface area contributed by atoms with E-state index in [2.05, 4.69) is 9.97 Å². The second-order valence-electron chi connectivity index (χ2n) is 4.29. The Labute approximate surface area is 114 Å². The minimum Gasteiger partial charge on any atom is -0.488 e. The number of hydrogen-bond acceptors (Lipinski definition) is 5. The van der Waals surface area contributed by atoms with Crippen molar-refractivity contribution in [3.63, 3.8) is 0 Å². The molecule has 0 bridgehead atoms. The third-order valence-electron chi connectivity index (χ3n) is 2.37. The lowest BCUT2D eigenvalue weighted by Gasteiger charge is -2.08. The molecule has 0 spiro atoms. The first kappa shape index (κ1) is 13.5. The first-order valence-electron chi connectivity index (χ1n) is 5.80. The van der Waals surface area contributed by atoms with E-state index in [0.717, 1.165) is 10.4 Å². The minimum absolute atomic E-state index is 0.0657. The Morgan fingerprint density at radius 3 is 2.47 bits per heavy atom. The first-order chi connectivity index (χ1) is 8.97. The van der Waals surface area contributed by atoms with E-state index in [1.807, 2.05) is 20.8 Å². The van der Waals surface area contributed by atoms with E-state index < -0.39 is 5.97 Å². The van der Waals surface area contributed by atoms with Crippen LogP contribution in [0.5, 0.6) is 5.75 Å². The normalized spacial score (nSPS) is 10.7. The predicted octanol–water partition coefficient (Wildman–Crippen LogP) is 3.00. The maximum absolute atomic E-state index is 10.9. The van der Waals surface area contributed by atoms with Crippen LogP contribution in [0.15, 0.2) is 18.5 Å². The molecule has 0 aromatic carbocycles. The van der Waals surface area contributed by atoms with Crippen molar-refractivity contribution in [2.75, 3.05) is 0 Å². The molecule has 2 rings (SSSR count). The van der Waals surface area contributed by atoms with Crippen molar-refractivity contribution in [1.82, 2.24) is 9.97 Å². The Hall–Kier alpha value is -1.95. The van der Waals surface area contributed by atoms with Crippen LogP contribution >= 0.6 is 11.3 Å². The number of rotatable bonds is 4. The zero-order chi connectivity index (χ0) is 14.0. The SMILES string of the molecule is Cc1sc(C(=O)O)cc1-c1ncc(OC(C)C)cn1. The maximum Gasteiger partial charge on any atom is 0.345 e. The summed E-state index contributed by atoms with van der Waals surface area (Å²) in [6.45, 7) is 5.71. The summed E-state index contributed by atoms with van der Waals surface area (Å²) < 4.78 is 5.46. The molecule has 0 radical (unpaired) electrons. The van der Waals surface area contributed by atoms with Gasteiger partial charge in [-0.3, -0.25) is 0 Å². The molecule has 5 nitrogen and oxygen atoms in total. The molecule has 0 saturated heterocycles. The number of carboxylic acid groups (broad SMARTS) is 1. The van der Waals surface area contributed by atoms with Gasteiger partial charge in [-0.25, -0.2) is 14.8 Å². The van der Waals surface area contributed by atoms with Gasteiger partial charge in [0.25, 0.3) is 0 Å². The van der Waals surface area contributed by atoms with Crippen molar-refractivity contribution in [1.29, 1.82) is 0 Å². The number of carboxylic acids is 1. The van der Waals surface area contributed by atoms with Crippen molar-refractivity contribution < 1.29 is 14.6 Å². The fourth-order valence-electron chi connectivity index (χ4n) is 1.60. The van der Waals surface area contributed by atoms with E-state index in [1.54, 1.807) is 18.5 Å². The van der Waals surface area contributed by atoms with Gasteiger partial charge in [0.1, 0.15) is 4.88 Å². The fourth-order valence-corrected chi connectivity index (χ4v) is 2.45. The van der Waals surface area contributed by atoms with Crippen LogP contribution in [-0.4, -0.2) is 27.1 Å². The van der Waals surface area contributed by atoms with E-state index in [9.17, 15) is 4.79 Å². The lowest BCUT2D eigenvalue weighted by molar-refractivity contribution is 0.0702. The van der Waals surface area contributed by atoms with Gasteiger partial charge in [-0.2, -0.15) is 0 Å². The largest absolute Gasteiger partial charge is 0.488 e. The summed E-state index contributed by atoms with van der Waals surface area (Å²) in [5.74, 6) is 0.182. The van der Waals surface area contributed by atoms with E-state index in [1.165, 1.54) is 11.3 Å². The molecule has 0 unspecified atom stereocenters. The third kappa shape index (κ3) is 3.08. The van der Waals surface area contributed by atoms with Crippen LogP contribution in [-0.2, 0) is 0 Å². The van der Waals surface area contributed by atoms with Crippen LogP contribution in [0.3, 0.4) is 0 Å². The van der Waals surface area contributed by atoms with Gasteiger partial charge >= 0.3 is 5.97 Å². The standard InChI is InChI=1S/C13H14N2O3S/c1-7(2)18-9-5-14-12(15-6-9)10-4-11(13(16)17)19-8(10)3/h4-7H,1-3H3,(H,16,17). The average Bonchev–Trinajstić information content (AvgIpc) is 2.72. The van der Waals surface area contributed by atoms with Gasteiger partial charge < -0.3 is 9.84 Å². The number of ether oxygens (including phenoxy) is 1. The Bertz CT molecular complexity index is 590. The summed E-state index contributed by atoms with van der Waals surface area (Å²) in [4.78, 5) is 20.5. The summed E-state index contributed by atoms with van der Waals surface area (Å²) >= 11 is 1.22. The quantitative estimate of drug-likeness (QED) is 0.930. The zero-order valence-corrected chi connectivity index (χ0v) is 11.7. The van der Waals surface area contributed by atoms with Gasteiger partial charge in [-0.1, -0.05) is 0 Å². The van der Waals surface area contributed by atoms with E-state index in [4.69, 9.17) is 9.84 Å². The van der Waals surface area contributed by atoms with Crippen LogP contribution < -0.4 is 4.74 Å². The molecule has 100 valence electrons. The van der Waals surface area contributed by atoms with Crippen molar-refractivity contribution >= 4 is 17.3 Å². The second-order valence-corrected chi connectivity index (χ2v) is 5.55. The lowest BCUT2D eigenvalue weighted by Crippen LogP contribution is -2.06. The van der Waals surface area contributed by atoms with Crippen molar-refractivity contribution in [3.8, 4) is 17.1 Å². The number of nitrogens with zero attached hydrogens (tertiary/aromatic N) is 2. The van der Waals surface area contributed by atoms with Crippen LogP contribution in [0.1, 0.15) is 28.4 Å². The Morgan fingerprint density at radius 1 is 1.37 bits per heavy atom. The van der Waals surface area contributed by atoms with Crippen molar-refractivity contribution in [2.24, 2.45) is 0 Å². The Morgan fingerprint density at radius 2 is 2.00 bits per heavy atom. The second kappa shape index (κ2) is 5.36. The van der Waals surface area contributed by atoms with E-state index in [0.29, 0.717) is 16.5 Å². The van der Waals surface area contributed by atoms with Gasteiger partial charge in [0.15, 0.2) is 11.6 Å². The molecule has 0 atom stereocenters. The molecule has 2 aromatic heterocycles. The molecule has 19 heavy (non-hydrogen) atoms. The lowest BCUT2D eigenvalue weighted by atomic mass is 10.2. The number of aromatic carboxylic acids is 1. The molecule has 1 N–H and O–H groups in total. The highest BCUT2D eigenvalue weighted by Crippen LogP contribution is 2.29. The molecular weight excluding hydrogens is 264 g/mol. The number of thiophene rings is 1. The molecule has 0 fully saturated rings. The van der Waals surface area contributed by atoms with Crippen molar-refractivity contribution in [2.45, 2.75) is 26.9 Å². The van der Waals surface area contributed by atoms with Gasteiger partial charge in [-0.15, -0.1) is 11.3 Å². The van der Waals surface area contributed by atoms with E-state index >= 15 is 0 Å². The molecule has 0 aliphatic carbocycles. The highest BCUT2D eigenvalue weighted by molar-refractivity contribution is 7.14. The molecule has 0 aliphatic heterocycles. The number of aryl methyl sites for hydroxylation is 1. The first-order valence-corrected chi connectivity index (χ1v) is 6.62. The fraction of sp³-hybridized carbons (Fsp3) is 0.308. The molecule has 0 saturated carbocycles. The minimum atomic E-state index is -0.931. The molecule has 0 aliphatic rings. The Kier molecular flexibility index (Phi) is 3.80. The van der Waals surface area contributed by atoms with E-state index in [-0.39, 0.29) is 6.10 Å². The molecule has 2 heterocycles. The molecule has 0 amide bonds.